The first-order chi connectivity index (χ1) is 9.04. The Morgan fingerprint density at radius 1 is 1.53 bits per heavy atom. The van der Waals surface area contributed by atoms with E-state index >= 15 is 0 Å². The second-order valence-electron chi connectivity index (χ2n) is 3.84. The highest BCUT2D eigenvalue weighted by Crippen LogP contribution is 2.30. The van der Waals surface area contributed by atoms with E-state index in [9.17, 15) is 9.18 Å². The molecule has 0 fully saturated rings. The molecule has 0 N–H and O–H groups in total. The van der Waals surface area contributed by atoms with E-state index in [2.05, 4.69) is 11.6 Å². The third-order valence-electron chi connectivity index (χ3n) is 2.61. The molecule has 2 aromatic rings. The van der Waals surface area contributed by atoms with E-state index in [1.165, 1.54) is 24.4 Å². The summed E-state index contributed by atoms with van der Waals surface area (Å²) in [5.74, 6) is -1.02. The van der Waals surface area contributed by atoms with Gasteiger partial charge in [0.15, 0.2) is 0 Å². The lowest BCUT2D eigenvalue weighted by Gasteiger charge is -2.10. The zero-order valence-electron chi connectivity index (χ0n) is 10.2. The van der Waals surface area contributed by atoms with Crippen LogP contribution in [-0.2, 0) is 9.53 Å². The maximum Gasteiger partial charge on any atom is 0.338 e. The molecule has 1 aromatic carbocycles. The van der Waals surface area contributed by atoms with E-state index in [0.717, 1.165) is 0 Å². The molecule has 19 heavy (non-hydrogen) atoms. The van der Waals surface area contributed by atoms with Gasteiger partial charge in [-0.2, -0.15) is 0 Å². The van der Waals surface area contributed by atoms with Crippen LogP contribution >= 0.6 is 11.6 Å². The Kier molecular flexibility index (Phi) is 3.81. The number of nitrogens with zero attached hydrogens (tertiary/aromatic N) is 1. The number of carbonyl (C=O) groups excluding carboxylic acids is 1. The van der Waals surface area contributed by atoms with Crippen LogP contribution in [0.2, 0.25) is 5.02 Å². The quantitative estimate of drug-likeness (QED) is 0.636. The van der Waals surface area contributed by atoms with Crippen molar-refractivity contribution in [2.45, 2.75) is 6.92 Å². The minimum absolute atomic E-state index is 0.0878. The van der Waals surface area contributed by atoms with Crippen molar-refractivity contribution in [2.75, 3.05) is 6.61 Å². The van der Waals surface area contributed by atoms with Crippen LogP contribution in [0.25, 0.3) is 16.5 Å². The van der Waals surface area contributed by atoms with Crippen molar-refractivity contribution in [3.63, 3.8) is 0 Å². The molecular weight excluding hydrogens is 269 g/mol. The number of hydrogen-bond acceptors (Lipinski definition) is 3. The molecule has 5 heteroatoms. The van der Waals surface area contributed by atoms with Crippen LogP contribution in [0.3, 0.4) is 0 Å². The predicted molar refractivity (Wildman–Crippen MR) is 72.4 cm³/mol. The van der Waals surface area contributed by atoms with E-state index in [0.29, 0.717) is 16.5 Å². The van der Waals surface area contributed by atoms with Gasteiger partial charge in [-0.3, -0.25) is 4.98 Å². The number of ether oxygens (including phenoxy) is 1. The van der Waals surface area contributed by atoms with Crippen LogP contribution < -0.4 is 0 Å². The number of rotatable bonds is 3. The molecule has 0 aliphatic carbocycles. The Balaban J connectivity index is 2.64. The van der Waals surface area contributed by atoms with Crippen molar-refractivity contribution in [2.24, 2.45) is 0 Å². The lowest BCUT2D eigenvalue weighted by molar-refractivity contribution is -0.136. The summed E-state index contributed by atoms with van der Waals surface area (Å²) >= 11 is 6.04. The highest BCUT2D eigenvalue weighted by atomic mass is 35.5. The highest BCUT2D eigenvalue weighted by Gasteiger charge is 2.17. The molecule has 0 radical (unpaired) electrons. The number of halogens is 2. The van der Waals surface area contributed by atoms with Crippen molar-refractivity contribution in [3.05, 3.63) is 47.4 Å². The molecule has 1 heterocycles. The Labute approximate surface area is 114 Å². The van der Waals surface area contributed by atoms with E-state index in [-0.39, 0.29) is 17.2 Å². The summed E-state index contributed by atoms with van der Waals surface area (Å²) < 4.78 is 18.2. The lowest BCUT2D eigenvalue weighted by Crippen LogP contribution is -2.07. The molecule has 0 aliphatic heterocycles. The fourth-order valence-electron chi connectivity index (χ4n) is 1.77. The van der Waals surface area contributed by atoms with E-state index in [1.807, 2.05) is 0 Å². The van der Waals surface area contributed by atoms with Gasteiger partial charge in [0.2, 0.25) is 0 Å². The van der Waals surface area contributed by atoms with Crippen LogP contribution in [0, 0.1) is 5.82 Å². The number of fused-ring (bicyclic) bond motifs is 1. The molecule has 0 spiro atoms. The Bertz CT molecular complexity index is 665. The summed E-state index contributed by atoms with van der Waals surface area (Å²) in [6.45, 7) is 5.60. The van der Waals surface area contributed by atoms with E-state index in [4.69, 9.17) is 16.3 Å². The van der Waals surface area contributed by atoms with Crippen molar-refractivity contribution in [3.8, 4) is 0 Å². The fraction of sp³-hybridized carbons (Fsp3) is 0.143. The Hall–Kier alpha value is -1.94. The van der Waals surface area contributed by atoms with Gasteiger partial charge in [-0.25, -0.2) is 9.18 Å². The topological polar surface area (TPSA) is 39.2 Å². The third kappa shape index (κ3) is 2.58. The summed E-state index contributed by atoms with van der Waals surface area (Å²) in [6, 6.07) is 4.08. The van der Waals surface area contributed by atoms with Gasteiger partial charge in [0, 0.05) is 17.1 Å². The number of carbonyl (C=O) groups is 1. The van der Waals surface area contributed by atoms with Crippen molar-refractivity contribution in [1.82, 2.24) is 4.98 Å². The first-order valence-corrected chi connectivity index (χ1v) is 6.02. The average Bonchev–Trinajstić information content (AvgIpc) is 2.38. The Morgan fingerprint density at radius 2 is 2.26 bits per heavy atom. The number of benzene rings is 1. The van der Waals surface area contributed by atoms with Crippen molar-refractivity contribution < 1.29 is 13.9 Å². The van der Waals surface area contributed by atoms with E-state index in [1.54, 1.807) is 6.92 Å². The molecule has 0 aliphatic rings. The average molecular weight is 280 g/mol. The molecule has 0 unspecified atom stereocenters. The molecule has 0 amide bonds. The summed E-state index contributed by atoms with van der Waals surface area (Å²) in [7, 11) is 0. The SMILES string of the molecule is C=C(C(=O)OCC)c1c(Cl)cnc2ccc(F)cc12. The second kappa shape index (κ2) is 5.36. The van der Waals surface area contributed by atoms with E-state index < -0.39 is 11.8 Å². The van der Waals surface area contributed by atoms with Crippen molar-refractivity contribution in [1.29, 1.82) is 0 Å². The summed E-state index contributed by atoms with van der Waals surface area (Å²) in [4.78, 5) is 15.8. The largest absolute Gasteiger partial charge is 0.462 e. The molecule has 3 nitrogen and oxygen atoms in total. The molecule has 0 saturated carbocycles. The molecular formula is C14H11ClFNO2. The maximum absolute atomic E-state index is 13.3. The molecule has 0 atom stereocenters. The molecule has 0 saturated heterocycles. The van der Waals surface area contributed by atoms with Gasteiger partial charge in [0.1, 0.15) is 5.82 Å². The fourth-order valence-corrected chi connectivity index (χ4v) is 2.03. The van der Waals surface area contributed by atoms with Gasteiger partial charge < -0.3 is 4.74 Å². The van der Waals surface area contributed by atoms with Gasteiger partial charge in [0.05, 0.1) is 22.7 Å². The van der Waals surface area contributed by atoms with Crippen LogP contribution in [0.15, 0.2) is 31.0 Å². The van der Waals surface area contributed by atoms with Gasteiger partial charge in [-0.05, 0) is 25.1 Å². The number of aromatic nitrogens is 1. The normalized spacial score (nSPS) is 10.5. The van der Waals surface area contributed by atoms with Gasteiger partial charge in [-0.15, -0.1) is 0 Å². The standard InChI is InChI=1S/C14H11ClFNO2/c1-3-19-14(18)8(2)13-10-6-9(16)4-5-12(10)17-7-11(13)15/h4-7H,2-3H2,1H3. The summed E-state index contributed by atoms with van der Waals surface area (Å²) in [6.07, 6.45) is 1.40. The van der Waals surface area contributed by atoms with Gasteiger partial charge >= 0.3 is 5.97 Å². The predicted octanol–water partition coefficient (Wildman–Crippen LogP) is 3.60. The van der Waals surface area contributed by atoms with Crippen LogP contribution in [-0.4, -0.2) is 17.6 Å². The Morgan fingerprint density at radius 3 is 2.95 bits per heavy atom. The number of esters is 1. The molecule has 98 valence electrons. The van der Waals surface area contributed by atoms with Crippen LogP contribution in [0.1, 0.15) is 12.5 Å². The minimum atomic E-state index is -0.582. The maximum atomic E-state index is 13.3. The highest BCUT2D eigenvalue weighted by molar-refractivity contribution is 6.36. The summed E-state index contributed by atoms with van der Waals surface area (Å²) in [5, 5.41) is 0.668. The molecule has 1 aromatic heterocycles. The molecule has 2 rings (SSSR count). The number of pyridine rings is 1. The molecule has 0 bridgehead atoms. The first-order valence-electron chi connectivity index (χ1n) is 5.64. The minimum Gasteiger partial charge on any atom is -0.462 e. The smallest absolute Gasteiger partial charge is 0.338 e. The van der Waals surface area contributed by atoms with Gasteiger partial charge in [-0.1, -0.05) is 18.2 Å². The zero-order chi connectivity index (χ0) is 14.0. The van der Waals surface area contributed by atoms with Crippen LogP contribution in [0.4, 0.5) is 4.39 Å². The second-order valence-corrected chi connectivity index (χ2v) is 4.25. The lowest BCUT2D eigenvalue weighted by atomic mass is 10.0. The zero-order valence-corrected chi connectivity index (χ0v) is 11.0. The van der Waals surface area contributed by atoms with Crippen molar-refractivity contribution >= 4 is 34.0 Å². The van der Waals surface area contributed by atoms with Gasteiger partial charge in [0.25, 0.3) is 0 Å². The summed E-state index contributed by atoms with van der Waals surface area (Å²) in [5.41, 5.74) is 0.973. The third-order valence-corrected chi connectivity index (χ3v) is 2.89. The van der Waals surface area contributed by atoms with Crippen LogP contribution in [0.5, 0.6) is 0 Å². The monoisotopic (exact) mass is 279 g/mol. The number of hydrogen-bond donors (Lipinski definition) is 0. The first kappa shape index (κ1) is 13.5.